The van der Waals surface area contributed by atoms with Crippen molar-refractivity contribution >= 4 is 5.82 Å². The Balaban J connectivity index is 1.50. The molecule has 0 bridgehead atoms. The fourth-order valence-electron chi connectivity index (χ4n) is 3.09. The van der Waals surface area contributed by atoms with Crippen molar-refractivity contribution in [1.82, 2.24) is 9.97 Å². The third kappa shape index (κ3) is 3.46. The highest BCUT2D eigenvalue weighted by Gasteiger charge is 2.20. The second-order valence-corrected chi connectivity index (χ2v) is 6.05. The molecule has 1 atom stereocenters. The second kappa shape index (κ2) is 7.14. The molecule has 7 heteroatoms. The van der Waals surface area contributed by atoms with Crippen LogP contribution in [-0.2, 0) is 11.3 Å². The van der Waals surface area contributed by atoms with Gasteiger partial charge in [0.15, 0.2) is 11.5 Å². The van der Waals surface area contributed by atoms with Crippen molar-refractivity contribution in [2.45, 2.75) is 18.9 Å². The minimum atomic E-state index is 0.354. The number of rotatable bonds is 5. The number of fused-ring (bicyclic) bond motifs is 1. The highest BCUT2D eigenvalue weighted by atomic mass is 16.6. The molecular weight excluding hydrogens is 322 g/mol. The number of nitrogens with one attached hydrogen (secondary N) is 1. The molecule has 0 spiro atoms. The number of benzene rings is 1. The van der Waals surface area contributed by atoms with Crippen molar-refractivity contribution in [3.63, 3.8) is 0 Å². The van der Waals surface area contributed by atoms with Crippen molar-refractivity contribution in [3.8, 4) is 17.2 Å². The Morgan fingerprint density at radius 3 is 2.72 bits per heavy atom. The summed E-state index contributed by atoms with van der Waals surface area (Å²) < 4.78 is 22.2. The van der Waals surface area contributed by atoms with Gasteiger partial charge < -0.3 is 24.3 Å². The Hall–Kier alpha value is -2.54. The lowest BCUT2D eigenvalue weighted by Crippen LogP contribution is -2.16. The largest absolute Gasteiger partial charge is 0.496 e. The summed E-state index contributed by atoms with van der Waals surface area (Å²) in [5.74, 6) is 3.36. The molecule has 1 aromatic carbocycles. The zero-order valence-corrected chi connectivity index (χ0v) is 14.2. The predicted octanol–water partition coefficient (Wildman–Crippen LogP) is 2.37. The van der Waals surface area contributed by atoms with Crippen LogP contribution in [0.5, 0.6) is 17.2 Å². The summed E-state index contributed by atoms with van der Waals surface area (Å²) in [5.41, 5.74) is 2.00. The molecule has 7 nitrogen and oxygen atoms in total. The molecule has 2 aromatic rings. The molecule has 25 heavy (non-hydrogen) atoms. The number of nitrogens with zero attached hydrogens (tertiary/aromatic N) is 2. The van der Waals surface area contributed by atoms with E-state index in [-0.39, 0.29) is 0 Å². The average molecular weight is 343 g/mol. The van der Waals surface area contributed by atoms with Crippen LogP contribution in [0.3, 0.4) is 0 Å². The van der Waals surface area contributed by atoms with Gasteiger partial charge in [-0.2, -0.15) is 0 Å². The Kier molecular flexibility index (Phi) is 4.56. The Morgan fingerprint density at radius 2 is 1.96 bits per heavy atom. The molecule has 4 rings (SSSR count). The van der Waals surface area contributed by atoms with Crippen LogP contribution in [-0.4, -0.2) is 43.5 Å². The summed E-state index contributed by atoms with van der Waals surface area (Å²) in [5, 5.41) is 3.34. The van der Waals surface area contributed by atoms with Crippen molar-refractivity contribution in [2.75, 3.05) is 38.9 Å². The molecule has 0 aliphatic carbocycles. The summed E-state index contributed by atoms with van der Waals surface area (Å²) in [6, 6.07) is 5.81. The van der Waals surface area contributed by atoms with Gasteiger partial charge in [0.2, 0.25) is 0 Å². The molecule has 2 aliphatic heterocycles. The third-order valence-corrected chi connectivity index (χ3v) is 4.44. The molecule has 1 N–H and O–H groups in total. The SMILES string of the molecule is COc1cc2c(cc1CNc1cc(C3CCOC3)ncn1)OCCO2. The number of ether oxygens (including phenoxy) is 4. The molecule has 1 fully saturated rings. The van der Waals surface area contributed by atoms with Crippen LogP contribution in [0.1, 0.15) is 23.6 Å². The van der Waals surface area contributed by atoms with Crippen LogP contribution < -0.4 is 19.5 Å². The Morgan fingerprint density at radius 1 is 1.12 bits per heavy atom. The molecule has 1 saturated heterocycles. The monoisotopic (exact) mass is 343 g/mol. The molecule has 1 aromatic heterocycles. The first kappa shape index (κ1) is 16.0. The zero-order valence-electron chi connectivity index (χ0n) is 14.2. The van der Waals surface area contributed by atoms with Crippen LogP contribution in [0, 0.1) is 0 Å². The maximum absolute atomic E-state index is 5.65. The quantitative estimate of drug-likeness (QED) is 0.893. The van der Waals surface area contributed by atoms with E-state index in [1.165, 1.54) is 0 Å². The van der Waals surface area contributed by atoms with E-state index in [1.807, 2.05) is 18.2 Å². The van der Waals surface area contributed by atoms with E-state index < -0.39 is 0 Å². The molecule has 132 valence electrons. The van der Waals surface area contributed by atoms with Crippen LogP contribution >= 0.6 is 0 Å². The molecule has 0 amide bonds. The summed E-state index contributed by atoms with van der Waals surface area (Å²) in [4.78, 5) is 8.68. The normalized spacial score (nSPS) is 18.8. The molecule has 0 saturated carbocycles. The van der Waals surface area contributed by atoms with Crippen LogP contribution in [0.2, 0.25) is 0 Å². The fourth-order valence-corrected chi connectivity index (χ4v) is 3.09. The van der Waals surface area contributed by atoms with E-state index in [9.17, 15) is 0 Å². The van der Waals surface area contributed by atoms with Gasteiger partial charge in [0.25, 0.3) is 0 Å². The van der Waals surface area contributed by atoms with E-state index >= 15 is 0 Å². The highest BCUT2D eigenvalue weighted by Crippen LogP contribution is 2.37. The number of anilines is 1. The van der Waals surface area contributed by atoms with Gasteiger partial charge in [-0.25, -0.2) is 9.97 Å². The third-order valence-electron chi connectivity index (χ3n) is 4.44. The number of hydrogen-bond acceptors (Lipinski definition) is 7. The lowest BCUT2D eigenvalue weighted by molar-refractivity contribution is 0.170. The molecular formula is C18H21N3O4. The number of hydrogen-bond donors (Lipinski definition) is 1. The lowest BCUT2D eigenvalue weighted by atomic mass is 10.0. The van der Waals surface area contributed by atoms with Gasteiger partial charge in [0.1, 0.15) is 31.1 Å². The average Bonchev–Trinajstić information content (AvgIpc) is 3.20. The van der Waals surface area contributed by atoms with E-state index in [4.69, 9.17) is 18.9 Å². The van der Waals surface area contributed by atoms with Gasteiger partial charge in [0.05, 0.1) is 19.4 Å². The van der Waals surface area contributed by atoms with Crippen LogP contribution in [0.4, 0.5) is 5.82 Å². The Labute approximate surface area is 146 Å². The van der Waals surface area contributed by atoms with Crippen molar-refractivity contribution in [2.24, 2.45) is 0 Å². The first-order chi connectivity index (χ1) is 12.3. The summed E-state index contributed by atoms with van der Waals surface area (Å²) in [6.07, 6.45) is 2.60. The Bertz CT molecular complexity index is 747. The van der Waals surface area contributed by atoms with E-state index in [1.54, 1.807) is 13.4 Å². The summed E-state index contributed by atoms with van der Waals surface area (Å²) >= 11 is 0. The maximum atomic E-state index is 5.65. The van der Waals surface area contributed by atoms with Gasteiger partial charge in [-0.05, 0) is 12.5 Å². The van der Waals surface area contributed by atoms with Gasteiger partial charge in [-0.3, -0.25) is 0 Å². The smallest absolute Gasteiger partial charge is 0.165 e. The van der Waals surface area contributed by atoms with Gasteiger partial charge in [-0.15, -0.1) is 0 Å². The first-order valence-corrected chi connectivity index (χ1v) is 8.43. The summed E-state index contributed by atoms with van der Waals surface area (Å²) in [6.45, 7) is 3.21. The molecule has 1 unspecified atom stereocenters. The molecule has 2 aliphatic rings. The van der Waals surface area contributed by atoms with Crippen molar-refractivity contribution in [3.05, 3.63) is 35.8 Å². The standard InChI is InChI=1S/C18H21N3O4/c1-22-15-8-17-16(24-4-5-25-17)6-13(15)9-19-18-7-14(20-11-21-18)12-2-3-23-10-12/h6-8,11-12H,2-5,9-10H2,1H3,(H,19,20,21). The van der Waals surface area contributed by atoms with Gasteiger partial charge in [0, 0.05) is 36.8 Å². The van der Waals surface area contributed by atoms with E-state index in [0.717, 1.165) is 54.0 Å². The zero-order chi connectivity index (χ0) is 17.1. The van der Waals surface area contributed by atoms with Gasteiger partial charge >= 0.3 is 0 Å². The summed E-state index contributed by atoms with van der Waals surface area (Å²) in [7, 11) is 1.65. The topological polar surface area (TPSA) is 74.7 Å². The molecule has 3 heterocycles. The van der Waals surface area contributed by atoms with Crippen LogP contribution in [0.15, 0.2) is 24.5 Å². The lowest BCUT2D eigenvalue weighted by Gasteiger charge is -2.21. The minimum Gasteiger partial charge on any atom is -0.496 e. The minimum absolute atomic E-state index is 0.354. The predicted molar refractivity (Wildman–Crippen MR) is 91.5 cm³/mol. The highest BCUT2D eigenvalue weighted by molar-refractivity contribution is 5.52. The maximum Gasteiger partial charge on any atom is 0.165 e. The van der Waals surface area contributed by atoms with E-state index in [0.29, 0.717) is 25.7 Å². The fraction of sp³-hybridized carbons (Fsp3) is 0.444. The van der Waals surface area contributed by atoms with Crippen molar-refractivity contribution in [1.29, 1.82) is 0 Å². The van der Waals surface area contributed by atoms with Crippen LogP contribution in [0.25, 0.3) is 0 Å². The van der Waals surface area contributed by atoms with E-state index in [2.05, 4.69) is 15.3 Å². The second-order valence-electron chi connectivity index (χ2n) is 6.05. The molecule has 0 radical (unpaired) electrons. The van der Waals surface area contributed by atoms with Crippen molar-refractivity contribution < 1.29 is 18.9 Å². The number of aromatic nitrogens is 2. The number of methoxy groups -OCH3 is 1. The van der Waals surface area contributed by atoms with Gasteiger partial charge in [-0.1, -0.05) is 0 Å². The first-order valence-electron chi connectivity index (χ1n) is 8.43.